The van der Waals surface area contributed by atoms with Gasteiger partial charge in [0.15, 0.2) is 6.10 Å². The third-order valence-electron chi connectivity index (χ3n) is 6.06. The number of amides is 1. The molecule has 5 N–H and O–H groups in total. The van der Waals surface area contributed by atoms with Gasteiger partial charge in [-0.05, 0) is 6.42 Å². The van der Waals surface area contributed by atoms with Gasteiger partial charge in [-0.2, -0.15) is 0 Å². The Balaban J connectivity index is 2.54. The number of carboxylic acids is 1. The molecule has 0 aromatic rings. The first-order chi connectivity index (χ1) is 16.2. The molecule has 6 atom stereocenters. The number of ether oxygens (including phenoxy) is 2. The lowest BCUT2D eigenvalue weighted by Gasteiger charge is -2.43. The number of aliphatic hydroxyl groups excluding tert-OH is 3. The summed E-state index contributed by atoms with van der Waals surface area (Å²) in [5.74, 6) is -2.52. The summed E-state index contributed by atoms with van der Waals surface area (Å²) in [5.41, 5.74) is 0. The van der Waals surface area contributed by atoms with E-state index in [0.717, 1.165) is 25.7 Å². The molecular formula is C24H43NO9. The zero-order valence-electron chi connectivity index (χ0n) is 20.5. The molecule has 198 valence electrons. The van der Waals surface area contributed by atoms with Crippen LogP contribution in [-0.2, 0) is 23.9 Å². The van der Waals surface area contributed by atoms with E-state index in [1.165, 1.54) is 39.0 Å². The van der Waals surface area contributed by atoms with E-state index in [2.05, 4.69) is 12.2 Å². The van der Waals surface area contributed by atoms with Crippen LogP contribution < -0.4 is 5.32 Å². The minimum absolute atomic E-state index is 0.290. The predicted octanol–water partition coefficient (Wildman–Crippen LogP) is 1.67. The molecule has 1 amide bonds. The van der Waals surface area contributed by atoms with E-state index < -0.39 is 67.4 Å². The largest absolute Gasteiger partial charge is 0.481 e. The van der Waals surface area contributed by atoms with Crippen LogP contribution in [0.25, 0.3) is 0 Å². The summed E-state index contributed by atoms with van der Waals surface area (Å²) in [6, 6.07) is -1.12. The van der Waals surface area contributed by atoms with Gasteiger partial charge in [0.2, 0.25) is 5.91 Å². The fourth-order valence-electron chi connectivity index (χ4n) is 4.26. The Kier molecular flexibility index (Phi) is 15.0. The molecule has 10 nitrogen and oxygen atoms in total. The van der Waals surface area contributed by atoms with Gasteiger partial charge in [-0.25, -0.2) is 0 Å². The zero-order valence-corrected chi connectivity index (χ0v) is 20.5. The third kappa shape index (κ3) is 11.6. The third-order valence-corrected chi connectivity index (χ3v) is 6.06. The van der Waals surface area contributed by atoms with E-state index in [9.17, 15) is 29.7 Å². The summed E-state index contributed by atoms with van der Waals surface area (Å²) in [7, 11) is 0. The fourth-order valence-corrected chi connectivity index (χ4v) is 4.26. The van der Waals surface area contributed by atoms with E-state index in [1.807, 2.05) is 0 Å². The van der Waals surface area contributed by atoms with Gasteiger partial charge in [0.05, 0.1) is 37.7 Å². The maximum atomic E-state index is 12.5. The van der Waals surface area contributed by atoms with Crippen molar-refractivity contribution in [2.75, 3.05) is 6.61 Å². The summed E-state index contributed by atoms with van der Waals surface area (Å²) in [5, 5.41) is 41.9. The van der Waals surface area contributed by atoms with Crippen LogP contribution in [0, 0.1) is 0 Å². The van der Waals surface area contributed by atoms with Crippen LogP contribution in [0.5, 0.6) is 0 Å². The van der Waals surface area contributed by atoms with Crippen molar-refractivity contribution in [1.29, 1.82) is 0 Å². The van der Waals surface area contributed by atoms with Crippen molar-refractivity contribution in [3.8, 4) is 0 Å². The lowest BCUT2D eigenvalue weighted by Crippen LogP contribution is -2.65. The molecule has 1 aliphatic rings. The first kappa shape index (κ1) is 30.3. The van der Waals surface area contributed by atoms with Crippen molar-refractivity contribution in [2.45, 2.75) is 127 Å². The molecule has 1 saturated heterocycles. The first-order valence-electron chi connectivity index (χ1n) is 12.5. The van der Waals surface area contributed by atoms with Crippen molar-refractivity contribution >= 4 is 17.8 Å². The molecule has 0 saturated carbocycles. The molecule has 1 heterocycles. The highest BCUT2D eigenvalue weighted by Gasteiger charge is 2.48. The smallest absolute Gasteiger partial charge is 0.308 e. The maximum Gasteiger partial charge on any atom is 0.308 e. The number of hydrogen-bond acceptors (Lipinski definition) is 8. The highest BCUT2D eigenvalue weighted by atomic mass is 16.6. The number of esters is 1. The average molecular weight is 490 g/mol. The lowest BCUT2D eigenvalue weighted by molar-refractivity contribution is -0.213. The van der Waals surface area contributed by atoms with Crippen LogP contribution in [0.3, 0.4) is 0 Å². The molecule has 0 radical (unpaired) electrons. The Labute approximate surface area is 202 Å². The van der Waals surface area contributed by atoms with E-state index >= 15 is 0 Å². The van der Waals surface area contributed by atoms with E-state index in [0.29, 0.717) is 6.42 Å². The SMILES string of the molecule is CCCCCCCCCCC[C@@H](O)CC(=O)O[C@H]1[C@H](O)[C@@H](CO)O[C@H](CC(=O)O)[C@@H]1NC(C)=O. The second kappa shape index (κ2) is 16.8. The van der Waals surface area contributed by atoms with Crippen molar-refractivity contribution < 1.29 is 44.3 Å². The van der Waals surface area contributed by atoms with Gasteiger partial charge in [-0.3, -0.25) is 14.4 Å². The summed E-state index contributed by atoms with van der Waals surface area (Å²) in [6.45, 7) is 2.77. The van der Waals surface area contributed by atoms with Gasteiger partial charge in [-0.1, -0.05) is 64.7 Å². The van der Waals surface area contributed by atoms with Crippen LogP contribution in [0.2, 0.25) is 0 Å². The summed E-state index contributed by atoms with van der Waals surface area (Å²) < 4.78 is 10.8. The highest BCUT2D eigenvalue weighted by molar-refractivity contribution is 5.74. The van der Waals surface area contributed by atoms with Gasteiger partial charge >= 0.3 is 11.9 Å². The van der Waals surface area contributed by atoms with E-state index in [1.54, 1.807) is 0 Å². The van der Waals surface area contributed by atoms with Crippen molar-refractivity contribution in [3.05, 3.63) is 0 Å². The van der Waals surface area contributed by atoms with E-state index in [4.69, 9.17) is 14.6 Å². The minimum Gasteiger partial charge on any atom is -0.481 e. The Bertz CT molecular complexity index is 615. The Hall–Kier alpha value is -1.75. The zero-order chi connectivity index (χ0) is 25.5. The number of aliphatic carboxylic acids is 1. The highest BCUT2D eigenvalue weighted by Crippen LogP contribution is 2.26. The summed E-state index contributed by atoms with van der Waals surface area (Å²) >= 11 is 0. The number of nitrogens with one attached hydrogen (secondary N) is 1. The van der Waals surface area contributed by atoms with Crippen LogP contribution >= 0.6 is 0 Å². The predicted molar refractivity (Wildman–Crippen MR) is 124 cm³/mol. The Morgan fingerprint density at radius 2 is 1.59 bits per heavy atom. The molecule has 0 bridgehead atoms. The van der Waals surface area contributed by atoms with E-state index in [-0.39, 0.29) is 6.42 Å². The monoisotopic (exact) mass is 489 g/mol. The number of rotatable bonds is 17. The molecule has 0 unspecified atom stereocenters. The Morgan fingerprint density at radius 3 is 2.12 bits per heavy atom. The molecule has 1 rings (SSSR count). The summed E-state index contributed by atoms with van der Waals surface area (Å²) in [4.78, 5) is 35.3. The molecule has 1 fully saturated rings. The average Bonchev–Trinajstić information content (AvgIpc) is 2.76. The van der Waals surface area contributed by atoms with Gasteiger partial charge in [0.25, 0.3) is 0 Å². The molecule has 1 aliphatic heterocycles. The minimum atomic E-state index is -1.48. The van der Waals surface area contributed by atoms with Crippen LogP contribution in [-0.4, -0.2) is 81.4 Å². The molecule has 0 spiro atoms. The lowest BCUT2D eigenvalue weighted by atomic mass is 9.90. The molecular weight excluding hydrogens is 446 g/mol. The van der Waals surface area contributed by atoms with Crippen LogP contribution in [0.1, 0.15) is 90.9 Å². The number of carbonyl (C=O) groups excluding carboxylic acids is 2. The van der Waals surface area contributed by atoms with Crippen molar-refractivity contribution in [1.82, 2.24) is 5.32 Å². The number of carbonyl (C=O) groups is 3. The molecule has 0 aromatic heterocycles. The second-order valence-corrected chi connectivity index (χ2v) is 9.14. The van der Waals surface area contributed by atoms with Gasteiger partial charge < -0.3 is 35.2 Å². The van der Waals surface area contributed by atoms with Crippen LogP contribution in [0.15, 0.2) is 0 Å². The molecule has 34 heavy (non-hydrogen) atoms. The fraction of sp³-hybridized carbons (Fsp3) is 0.875. The number of aliphatic hydroxyl groups is 3. The molecule has 0 aliphatic carbocycles. The van der Waals surface area contributed by atoms with Crippen molar-refractivity contribution in [2.24, 2.45) is 0 Å². The van der Waals surface area contributed by atoms with Gasteiger partial charge in [0, 0.05) is 6.92 Å². The second-order valence-electron chi connectivity index (χ2n) is 9.14. The summed E-state index contributed by atoms with van der Waals surface area (Å²) in [6.07, 6.45) is 3.87. The van der Waals surface area contributed by atoms with Crippen molar-refractivity contribution in [3.63, 3.8) is 0 Å². The van der Waals surface area contributed by atoms with Crippen LogP contribution in [0.4, 0.5) is 0 Å². The number of unbranched alkanes of at least 4 members (excludes halogenated alkanes) is 8. The van der Waals surface area contributed by atoms with Gasteiger partial charge in [0.1, 0.15) is 12.2 Å². The maximum absolute atomic E-state index is 12.5. The standard InChI is InChI=1S/C24H43NO9/c1-3-4-5-6-7-8-9-10-11-12-17(28)13-21(31)34-24-22(25-16(2)27)18(14-20(29)30)33-19(15-26)23(24)32/h17-19,22-24,26,28,32H,3-15H2,1-2H3,(H,25,27)(H,29,30)/t17-,18-,19-,22+,23-,24-/m1/s1. The first-order valence-corrected chi connectivity index (χ1v) is 12.5. The topological polar surface area (TPSA) is 163 Å². The molecule has 10 heteroatoms. The number of hydrogen-bond donors (Lipinski definition) is 5. The van der Waals surface area contributed by atoms with Gasteiger partial charge in [-0.15, -0.1) is 0 Å². The quantitative estimate of drug-likeness (QED) is 0.151. The Morgan fingerprint density at radius 1 is 1.00 bits per heavy atom. The molecule has 0 aromatic carbocycles. The normalized spacial score (nSPS) is 25.5. The number of carboxylic acid groups (broad SMARTS) is 1.